The molecule has 3 aromatic rings. The maximum atomic E-state index is 12.6. The average Bonchev–Trinajstić information content (AvgIpc) is 2.74. The normalized spacial score (nSPS) is 20.1. The van der Waals surface area contributed by atoms with Gasteiger partial charge in [0.2, 0.25) is 0 Å². The first-order chi connectivity index (χ1) is 14.6. The van der Waals surface area contributed by atoms with Gasteiger partial charge in [-0.1, -0.05) is 58.4 Å². The molecule has 1 aliphatic heterocycles. The molecule has 1 aliphatic rings. The average molecular weight is 468 g/mol. The van der Waals surface area contributed by atoms with E-state index in [1.165, 1.54) is 0 Å². The molecule has 0 spiro atoms. The summed E-state index contributed by atoms with van der Waals surface area (Å²) in [4.78, 5) is 13.5. The molecule has 0 saturated carbocycles. The minimum atomic E-state index is -0.325. The molecule has 0 bridgehead atoms. The highest BCUT2D eigenvalue weighted by Gasteiger charge is 2.42. The van der Waals surface area contributed by atoms with E-state index in [1.807, 2.05) is 49.4 Å². The van der Waals surface area contributed by atoms with Crippen molar-refractivity contribution in [3.63, 3.8) is 0 Å². The van der Waals surface area contributed by atoms with E-state index in [-0.39, 0.29) is 30.5 Å². The summed E-state index contributed by atoms with van der Waals surface area (Å²) >= 11 is 3.59. The van der Waals surface area contributed by atoms with Crippen molar-refractivity contribution in [2.45, 2.75) is 19.1 Å². The number of halogens is 1. The van der Waals surface area contributed by atoms with Gasteiger partial charge in [0.1, 0.15) is 11.8 Å². The first-order valence-electron chi connectivity index (χ1n) is 9.98. The third kappa shape index (κ3) is 4.06. The number of para-hydroxylation sites is 1. The van der Waals surface area contributed by atoms with Crippen LogP contribution in [0.1, 0.15) is 35.8 Å². The number of phenolic OH excluding ortho intramolecular Hbond substituents is 1. The van der Waals surface area contributed by atoms with Crippen molar-refractivity contribution < 1.29 is 19.5 Å². The third-order valence-electron chi connectivity index (χ3n) is 5.40. The lowest BCUT2D eigenvalue weighted by molar-refractivity contribution is -0.947. The van der Waals surface area contributed by atoms with E-state index in [1.54, 1.807) is 12.1 Å². The number of rotatable bonds is 5. The Morgan fingerprint density at radius 3 is 2.53 bits per heavy atom. The van der Waals surface area contributed by atoms with Gasteiger partial charge < -0.3 is 15.2 Å². The Bertz CT molecular complexity index is 1040. The summed E-state index contributed by atoms with van der Waals surface area (Å²) in [6.07, 6.45) is -0.325. The standard InChI is InChI=1S/C24H23BrN2O3/c1-2-30-22(29)15-27-23(16-8-4-3-5-9-16)19-14-17(25)12-13-20(19)26-24(27)18-10-6-7-11-21(18)28/h3-14,23-24,26,28H,2,15H2,1H3/p+1/t23-,24+/m1/s1. The van der Waals surface area contributed by atoms with Crippen molar-refractivity contribution >= 4 is 27.6 Å². The van der Waals surface area contributed by atoms with Crippen molar-refractivity contribution in [2.75, 3.05) is 18.5 Å². The number of esters is 1. The third-order valence-corrected chi connectivity index (χ3v) is 5.89. The molecule has 0 radical (unpaired) electrons. The van der Waals surface area contributed by atoms with Crippen LogP contribution in [0.15, 0.2) is 77.3 Å². The molecule has 6 heteroatoms. The van der Waals surface area contributed by atoms with Gasteiger partial charge in [0.15, 0.2) is 12.7 Å². The maximum absolute atomic E-state index is 12.6. The Labute approximate surface area is 184 Å². The van der Waals surface area contributed by atoms with Gasteiger partial charge in [-0.3, -0.25) is 4.90 Å². The quantitative estimate of drug-likeness (QED) is 0.499. The molecular formula is C24H24BrN2O3+. The van der Waals surface area contributed by atoms with E-state index >= 15 is 0 Å². The van der Waals surface area contributed by atoms with Crippen LogP contribution in [0.25, 0.3) is 0 Å². The minimum absolute atomic E-state index is 0.117. The van der Waals surface area contributed by atoms with E-state index in [0.717, 1.165) is 31.8 Å². The lowest BCUT2D eigenvalue weighted by atomic mass is 9.91. The van der Waals surface area contributed by atoms with E-state index in [4.69, 9.17) is 4.74 Å². The van der Waals surface area contributed by atoms with Crippen molar-refractivity contribution in [2.24, 2.45) is 0 Å². The molecule has 1 heterocycles. The molecule has 0 fully saturated rings. The molecular weight excluding hydrogens is 444 g/mol. The van der Waals surface area contributed by atoms with Gasteiger partial charge in [-0.05, 0) is 37.3 Å². The van der Waals surface area contributed by atoms with Gasteiger partial charge >= 0.3 is 5.97 Å². The fourth-order valence-corrected chi connectivity index (χ4v) is 4.53. The maximum Gasteiger partial charge on any atom is 0.361 e. The molecule has 30 heavy (non-hydrogen) atoms. The van der Waals surface area contributed by atoms with Gasteiger partial charge in [-0.25, -0.2) is 4.79 Å². The summed E-state index contributed by atoms with van der Waals surface area (Å²) in [7, 11) is 0. The second-order valence-corrected chi connectivity index (χ2v) is 8.18. The first-order valence-corrected chi connectivity index (χ1v) is 10.8. The highest BCUT2D eigenvalue weighted by atomic mass is 79.9. The predicted molar refractivity (Wildman–Crippen MR) is 119 cm³/mol. The lowest BCUT2D eigenvalue weighted by Crippen LogP contribution is -3.15. The molecule has 154 valence electrons. The molecule has 5 nitrogen and oxygen atoms in total. The van der Waals surface area contributed by atoms with Crippen molar-refractivity contribution in [3.05, 3.63) is 94.0 Å². The number of aromatic hydroxyl groups is 1. The van der Waals surface area contributed by atoms with Crippen LogP contribution in [0.3, 0.4) is 0 Å². The highest BCUT2D eigenvalue weighted by molar-refractivity contribution is 9.10. The van der Waals surface area contributed by atoms with E-state index < -0.39 is 0 Å². The first kappa shape index (κ1) is 20.4. The number of carbonyl (C=O) groups is 1. The van der Waals surface area contributed by atoms with Crippen LogP contribution in [0.2, 0.25) is 0 Å². The van der Waals surface area contributed by atoms with Gasteiger partial charge in [0, 0.05) is 21.3 Å². The molecule has 3 N–H and O–H groups in total. The second-order valence-electron chi connectivity index (χ2n) is 7.27. The second kappa shape index (κ2) is 8.90. The van der Waals surface area contributed by atoms with Crippen molar-refractivity contribution in [1.82, 2.24) is 0 Å². The fourth-order valence-electron chi connectivity index (χ4n) is 4.15. The summed E-state index contributed by atoms with van der Waals surface area (Å²) in [5.74, 6) is -0.0715. The summed E-state index contributed by atoms with van der Waals surface area (Å²) in [5, 5.41) is 14.1. The highest BCUT2D eigenvalue weighted by Crippen LogP contribution is 2.36. The van der Waals surface area contributed by atoms with Crippen LogP contribution in [0, 0.1) is 0 Å². The summed E-state index contributed by atoms with van der Waals surface area (Å²) < 4.78 is 6.27. The number of hydrogen-bond donors (Lipinski definition) is 3. The monoisotopic (exact) mass is 467 g/mol. The Balaban J connectivity index is 1.89. The molecule has 0 aliphatic carbocycles. The van der Waals surface area contributed by atoms with Crippen LogP contribution in [0.4, 0.5) is 5.69 Å². The zero-order valence-corrected chi connectivity index (χ0v) is 18.2. The Morgan fingerprint density at radius 1 is 1.07 bits per heavy atom. The number of benzene rings is 3. The number of nitrogens with one attached hydrogen (secondary N) is 2. The van der Waals surface area contributed by atoms with Crippen LogP contribution in [-0.4, -0.2) is 24.2 Å². The molecule has 3 aromatic carbocycles. The van der Waals surface area contributed by atoms with E-state index in [0.29, 0.717) is 6.61 Å². The minimum Gasteiger partial charge on any atom is -0.507 e. The summed E-state index contributed by atoms with van der Waals surface area (Å²) in [6, 6.07) is 23.4. The number of phenols is 1. The molecule has 0 amide bonds. The predicted octanol–water partition coefficient (Wildman–Crippen LogP) is 3.82. The Morgan fingerprint density at radius 2 is 1.80 bits per heavy atom. The largest absolute Gasteiger partial charge is 0.507 e. The van der Waals surface area contributed by atoms with Crippen LogP contribution in [0.5, 0.6) is 5.75 Å². The van der Waals surface area contributed by atoms with E-state index in [9.17, 15) is 9.90 Å². The number of fused-ring (bicyclic) bond motifs is 1. The SMILES string of the molecule is CCOC(=O)C[NH+]1[C@H](c2ccccc2)c2cc(Br)ccc2N[C@@H]1c1ccccc1O. The Kier molecular flexibility index (Phi) is 6.06. The van der Waals surface area contributed by atoms with Crippen LogP contribution >= 0.6 is 15.9 Å². The van der Waals surface area contributed by atoms with Gasteiger partial charge in [-0.15, -0.1) is 0 Å². The van der Waals surface area contributed by atoms with Gasteiger partial charge in [0.05, 0.1) is 12.2 Å². The fraction of sp³-hybridized carbons (Fsp3) is 0.208. The smallest absolute Gasteiger partial charge is 0.361 e. The molecule has 0 aromatic heterocycles. The molecule has 3 atom stereocenters. The zero-order chi connectivity index (χ0) is 21.1. The number of hydrogen-bond acceptors (Lipinski definition) is 4. The van der Waals surface area contributed by atoms with Crippen molar-refractivity contribution in [3.8, 4) is 5.75 Å². The number of quaternary nitrogens is 1. The molecule has 1 unspecified atom stereocenters. The Hall–Kier alpha value is -2.83. The van der Waals surface area contributed by atoms with E-state index in [2.05, 4.69) is 39.4 Å². The topological polar surface area (TPSA) is 63.0 Å². The van der Waals surface area contributed by atoms with Crippen molar-refractivity contribution in [1.29, 1.82) is 0 Å². The van der Waals surface area contributed by atoms with Gasteiger partial charge in [0.25, 0.3) is 0 Å². The lowest BCUT2D eigenvalue weighted by Gasteiger charge is -2.41. The number of anilines is 1. The number of ether oxygens (including phenoxy) is 1. The summed E-state index contributed by atoms with van der Waals surface area (Å²) in [5.41, 5.74) is 3.90. The van der Waals surface area contributed by atoms with Crippen LogP contribution < -0.4 is 10.2 Å². The molecule has 4 rings (SSSR count). The van der Waals surface area contributed by atoms with Gasteiger partial charge in [-0.2, -0.15) is 0 Å². The zero-order valence-electron chi connectivity index (χ0n) is 16.6. The van der Waals surface area contributed by atoms with Crippen LogP contribution in [-0.2, 0) is 9.53 Å². The number of carbonyl (C=O) groups excluding carboxylic acids is 1. The molecule has 0 saturated heterocycles. The summed E-state index contributed by atoms with van der Waals surface area (Å²) in [6.45, 7) is 2.30.